The van der Waals surface area contributed by atoms with Crippen molar-refractivity contribution in [3.8, 4) is 17.2 Å². The van der Waals surface area contributed by atoms with Crippen molar-refractivity contribution in [1.29, 1.82) is 0 Å². The van der Waals surface area contributed by atoms with Gasteiger partial charge in [0.2, 0.25) is 11.8 Å². The molecule has 0 radical (unpaired) electrons. The number of benzene rings is 3. The highest BCUT2D eigenvalue weighted by Crippen LogP contribution is 2.33. The molecule has 0 aliphatic heterocycles. The summed E-state index contributed by atoms with van der Waals surface area (Å²) in [4.78, 5) is 29.6. The second-order valence-corrected chi connectivity index (χ2v) is 14.1. The van der Waals surface area contributed by atoms with Crippen LogP contribution in [-0.2, 0) is 26.2 Å². The van der Waals surface area contributed by atoms with Gasteiger partial charge in [-0.1, -0.05) is 55.5 Å². The van der Waals surface area contributed by atoms with Gasteiger partial charge in [0.15, 0.2) is 11.5 Å². The summed E-state index contributed by atoms with van der Waals surface area (Å²) in [6, 6.07) is 14.7. The number of carbonyl (C=O) groups is 2. The number of anilines is 1. The second kappa shape index (κ2) is 17.1. The minimum atomic E-state index is -4.37. The molecule has 3 aromatic rings. The topological polar surface area (TPSA) is 114 Å². The Bertz CT molecular complexity index is 1640. The Hall–Kier alpha value is -3.67. The van der Waals surface area contributed by atoms with Gasteiger partial charge in [0, 0.05) is 34.3 Å². The summed E-state index contributed by atoms with van der Waals surface area (Å²) in [5.74, 6) is 0.164. The van der Waals surface area contributed by atoms with Crippen molar-refractivity contribution in [2.45, 2.75) is 75.9 Å². The van der Waals surface area contributed by atoms with Crippen molar-refractivity contribution in [2.24, 2.45) is 0 Å². The number of halogens is 2. The zero-order chi connectivity index (χ0) is 34.8. The third-order valence-corrected chi connectivity index (χ3v) is 10.9. The smallest absolute Gasteiger partial charge is 0.264 e. The Morgan fingerprint density at radius 2 is 1.56 bits per heavy atom. The van der Waals surface area contributed by atoms with E-state index in [1.54, 1.807) is 42.5 Å². The van der Waals surface area contributed by atoms with E-state index < -0.39 is 28.5 Å². The van der Waals surface area contributed by atoms with Crippen LogP contribution < -0.4 is 23.8 Å². The van der Waals surface area contributed by atoms with E-state index in [2.05, 4.69) is 5.32 Å². The summed E-state index contributed by atoms with van der Waals surface area (Å²) in [6.07, 6.45) is 5.16. The number of rotatable bonds is 15. The first-order chi connectivity index (χ1) is 23.0. The normalized spacial score (nSPS) is 14.1. The number of ether oxygens (including phenoxy) is 3. The summed E-state index contributed by atoms with van der Waals surface area (Å²) < 4.78 is 46.0. The monoisotopic (exact) mass is 719 g/mol. The van der Waals surface area contributed by atoms with Crippen molar-refractivity contribution in [1.82, 2.24) is 10.2 Å². The van der Waals surface area contributed by atoms with E-state index in [9.17, 15) is 18.0 Å². The van der Waals surface area contributed by atoms with E-state index in [0.717, 1.165) is 36.4 Å². The lowest BCUT2D eigenvalue weighted by molar-refractivity contribution is -0.140. The summed E-state index contributed by atoms with van der Waals surface area (Å²) in [5.41, 5.74) is 0.672. The quantitative estimate of drug-likeness (QED) is 0.183. The standard InChI is InChI=1S/C35H43Cl2N3O7S/c1-5-31(35(42)38-24-11-8-7-9-12-24)39(22-28-29(36)13-10-14-30(28)37)34(41)23-40(25-15-17-26(18-16-25)47-6-2)48(43,44)27-19-20-32(45-3)33(21-27)46-4/h10,13-21,24,31H,5-9,11-12,22-23H2,1-4H3,(H,38,42)/t31-/m1/s1. The van der Waals surface area contributed by atoms with Crippen LogP contribution in [0, 0.1) is 0 Å². The van der Waals surface area contributed by atoms with Crippen molar-refractivity contribution < 1.29 is 32.2 Å². The third-order valence-electron chi connectivity index (χ3n) is 8.39. The lowest BCUT2D eigenvalue weighted by Crippen LogP contribution is -2.54. The molecular formula is C35H43Cl2N3O7S. The molecule has 1 aliphatic rings. The number of amides is 2. The van der Waals surface area contributed by atoms with E-state index in [1.165, 1.54) is 37.3 Å². The molecule has 1 fully saturated rings. The number of hydrogen-bond acceptors (Lipinski definition) is 7. The van der Waals surface area contributed by atoms with Crippen LogP contribution in [0.15, 0.2) is 65.6 Å². The van der Waals surface area contributed by atoms with Gasteiger partial charge in [-0.25, -0.2) is 8.42 Å². The molecule has 0 aromatic heterocycles. The molecular weight excluding hydrogens is 677 g/mol. The lowest BCUT2D eigenvalue weighted by Gasteiger charge is -2.35. The van der Waals surface area contributed by atoms with Crippen LogP contribution in [0.1, 0.15) is 57.9 Å². The molecule has 2 amide bonds. The fraction of sp³-hybridized carbons (Fsp3) is 0.429. The molecule has 0 heterocycles. The second-order valence-electron chi connectivity index (χ2n) is 11.4. The zero-order valence-electron chi connectivity index (χ0n) is 27.7. The van der Waals surface area contributed by atoms with Gasteiger partial charge in [0.05, 0.1) is 31.4 Å². The number of nitrogens with one attached hydrogen (secondary N) is 1. The first-order valence-corrected chi connectivity index (χ1v) is 18.2. The molecule has 10 nitrogen and oxygen atoms in total. The Morgan fingerprint density at radius 1 is 0.917 bits per heavy atom. The largest absolute Gasteiger partial charge is 0.494 e. The SMILES string of the molecule is CCOc1ccc(N(CC(=O)N(Cc2c(Cl)cccc2Cl)[C@H](CC)C(=O)NC2CCCCC2)S(=O)(=O)c2ccc(OC)c(OC)c2)cc1. The molecule has 4 rings (SSSR count). The maximum absolute atomic E-state index is 14.5. The van der Waals surface area contributed by atoms with Crippen LogP contribution in [0.4, 0.5) is 5.69 Å². The van der Waals surface area contributed by atoms with Crippen molar-refractivity contribution in [3.05, 3.63) is 76.3 Å². The molecule has 260 valence electrons. The molecule has 3 aromatic carbocycles. The van der Waals surface area contributed by atoms with Crippen LogP contribution in [-0.4, -0.2) is 64.6 Å². The van der Waals surface area contributed by atoms with Crippen molar-refractivity contribution in [2.75, 3.05) is 31.7 Å². The zero-order valence-corrected chi connectivity index (χ0v) is 30.0. The van der Waals surface area contributed by atoms with Crippen LogP contribution in [0.2, 0.25) is 10.0 Å². The van der Waals surface area contributed by atoms with E-state index in [1.807, 2.05) is 13.8 Å². The van der Waals surface area contributed by atoms with Crippen molar-refractivity contribution in [3.63, 3.8) is 0 Å². The Balaban J connectivity index is 1.77. The van der Waals surface area contributed by atoms with Crippen LogP contribution in [0.25, 0.3) is 0 Å². The molecule has 1 aliphatic carbocycles. The Kier molecular flexibility index (Phi) is 13.3. The lowest BCUT2D eigenvalue weighted by atomic mass is 9.95. The molecule has 0 spiro atoms. The highest BCUT2D eigenvalue weighted by molar-refractivity contribution is 7.92. The number of sulfonamides is 1. The van der Waals surface area contributed by atoms with Crippen LogP contribution >= 0.6 is 23.2 Å². The molecule has 0 unspecified atom stereocenters. The fourth-order valence-electron chi connectivity index (χ4n) is 5.83. The van der Waals surface area contributed by atoms with Gasteiger partial charge in [0.1, 0.15) is 18.3 Å². The van der Waals surface area contributed by atoms with Crippen LogP contribution in [0.3, 0.4) is 0 Å². The van der Waals surface area contributed by atoms with Gasteiger partial charge in [-0.3, -0.25) is 13.9 Å². The molecule has 48 heavy (non-hydrogen) atoms. The fourth-order valence-corrected chi connectivity index (χ4v) is 7.77. The summed E-state index contributed by atoms with van der Waals surface area (Å²) in [6.45, 7) is 3.34. The molecule has 0 saturated heterocycles. The first-order valence-electron chi connectivity index (χ1n) is 16.0. The van der Waals surface area contributed by atoms with E-state index in [0.29, 0.717) is 33.7 Å². The summed E-state index contributed by atoms with van der Waals surface area (Å²) in [7, 11) is -1.52. The average Bonchev–Trinajstić information content (AvgIpc) is 3.08. The van der Waals surface area contributed by atoms with E-state index in [4.69, 9.17) is 37.4 Å². The number of nitrogens with zero attached hydrogens (tertiary/aromatic N) is 2. The molecule has 1 saturated carbocycles. The van der Waals surface area contributed by atoms with E-state index in [-0.39, 0.29) is 41.2 Å². The minimum Gasteiger partial charge on any atom is -0.494 e. The molecule has 13 heteroatoms. The van der Waals surface area contributed by atoms with Gasteiger partial charge in [-0.2, -0.15) is 0 Å². The van der Waals surface area contributed by atoms with Crippen LogP contribution in [0.5, 0.6) is 17.2 Å². The molecule has 0 bridgehead atoms. The third kappa shape index (κ3) is 8.86. The first kappa shape index (κ1) is 37.2. The highest BCUT2D eigenvalue weighted by atomic mass is 35.5. The minimum absolute atomic E-state index is 0.00642. The predicted octanol–water partition coefficient (Wildman–Crippen LogP) is 6.86. The maximum Gasteiger partial charge on any atom is 0.264 e. The van der Waals surface area contributed by atoms with Crippen molar-refractivity contribution >= 4 is 50.7 Å². The number of carbonyl (C=O) groups excluding carboxylic acids is 2. The average molecular weight is 721 g/mol. The Labute approximate surface area is 293 Å². The van der Waals surface area contributed by atoms with E-state index >= 15 is 0 Å². The van der Waals surface area contributed by atoms with Gasteiger partial charge < -0.3 is 24.4 Å². The number of hydrogen-bond donors (Lipinski definition) is 1. The predicted molar refractivity (Wildman–Crippen MR) is 188 cm³/mol. The maximum atomic E-state index is 14.5. The molecule has 1 atom stereocenters. The van der Waals surface area contributed by atoms with Gasteiger partial charge >= 0.3 is 0 Å². The summed E-state index contributed by atoms with van der Waals surface area (Å²) in [5, 5.41) is 3.78. The number of methoxy groups -OCH3 is 2. The highest BCUT2D eigenvalue weighted by Gasteiger charge is 2.35. The van der Waals surface area contributed by atoms with Gasteiger partial charge in [-0.05, 0) is 74.7 Å². The van der Waals surface area contributed by atoms with Gasteiger partial charge in [0.25, 0.3) is 10.0 Å². The molecule has 1 N–H and O–H groups in total. The van der Waals surface area contributed by atoms with Gasteiger partial charge in [-0.15, -0.1) is 0 Å². The summed E-state index contributed by atoms with van der Waals surface area (Å²) >= 11 is 13.1. The Morgan fingerprint density at radius 3 is 2.15 bits per heavy atom.